The number of rotatable bonds is 7. The Hall–Kier alpha value is -2.06. The summed E-state index contributed by atoms with van der Waals surface area (Å²) in [6, 6.07) is 7.74. The van der Waals surface area contributed by atoms with E-state index in [1.54, 1.807) is 23.6 Å². The Labute approximate surface area is 193 Å². The van der Waals surface area contributed by atoms with Gasteiger partial charge in [0.15, 0.2) is 0 Å². The molecule has 0 radical (unpaired) electrons. The van der Waals surface area contributed by atoms with E-state index in [9.17, 15) is 19.5 Å². The fraction of sp³-hybridized carbons (Fsp3) is 0.625. The summed E-state index contributed by atoms with van der Waals surface area (Å²) in [6.45, 7) is 7.48. The van der Waals surface area contributed by atoms with E-state index in [4.69, 9.17) is 4.74 Å². The number of likely N-dealkylation sites (tertiary alicyclic amines) is 1. The summed E-state index contributed by atoms with van der Waals surface area (Å²) in [5.74, 6) is -2.10. The summed E-state index contributed by atoms with van der Waals surface area (Å²) in [5, 5.41) is 13.3. The van der Waals surface area contributed by atoms with Crippen LogP contribution in [0.5, 0.6) is 0 Å². The summed E-state index contributed by atoms with van der Waals surface area (Å²) in [6.07, 6.45) is 1.40. The summed E-state index contributed by atoms with van der Waals surface area (Å²) >= 11 is 1.60. The summed E-state index contributed by atoms with van der Waals surface area (Å²) < 4.78 is 4.23. The van der Waals surface area contributed by atoms with Gasteiger partial charge in [0, 0.05) is 10.8 Å². The summed E-state index contributed by atoms with van der Waals surface area (Å²) in [5.41, 5.74) is 0.764. The van der Waals surface area contributed by atoms with Gasteiger partial charge in [0.1, 0.15) is 6.04 Å². The van der Waals surface area contributed by atoms with Crippen LogP contribution in [0.15, 0.2) is 30.3 Å². The van der Waals surface area contributed by atoms with Gasteiger partial charge in [0.05, 0.1) is 35.8 Å². The lowest BCUT2D eigenvalue weighted by Gasteiger charge is -2.37. The number of fused-ring (bicyclic) bond motifs is 1. The molecule has 0 saturated carbocycles. The lowest BCUT2D eigenvalue weighted by molar-refractivity contribution is -0.155. The van der Waals surface area contributed by atoms with Crippen LogP contribution < -0.4 is 5.32 Å². The Morgan fingerprint density at radius 1 is 1.28 bits per heavy atom. The van der Waals surface area contributed by atoms with Crippen LogP contribution >= 0.6 is 11.8 Å². The fourth-order valence-electron chi connectivity index (χ4n) is 5.98. The SMILES string of the molecule is CCOC(=O)[C@@H]1[C@H]2C(=O)N([C@H](CO)c3ccccc3)C(C(=O)NC(C)C)C23CC[C@@]1(C)S3. The largest absolute Gasteiger partial charge is 0.466 e. The Balaban J connectivity index is 1.83. The third-order valence-corrected chi connectivity index (χ3v) is 9.11. The van der Waals surface area contributed by atoms with Crippen LogP contribution in [0.4, 0.5) is 0 Å². The number of ether oxygens (including phenoxy) is 1. The number of carbonyl (C=O) groups is 3. The van der Waals surface area contributed by atoms with Gasteiger partial charge in [-0.15, -0.1) is 11.8 Å². The topological polar surface area (TPSA) is 95.9 Å². The van der Waals surface area contributed by atoms with Crippen LogP contribution in [0.3, 0.4) is 0 Å². The molecule has 2 unspecified atom stereocenters. The second-order valence-corrected chi connectivity index (χ2v) is 11.4. The third kappa shape index (κ3) is 3.34. The molecule has 2 amide bonds. The molecule has 0 aliphatic carbocycles. The van der Waals surface area contributed by atoms with E-state index >= 15 is 0 Å². The number of thioether (sulfide) groups is 1. The maximum atomic E-state index is 14.0. The summed E-state index contributed by atoms with van der Waals surface area (Å²) in [4.78, 5) is 42.2. The molecule has 8 heteroatoms. The number of aliphatic hydroxyl groups is 1. The molecular weight excluding hydrogens is 428 g/mol. The number of nitrogens with one attached hydrogen (secondary N) is 1. The molecule has 3 fully saturated rings. The second kappa shape index (κ2) is 8.37. The van der Waals surface area contributed by atoms with Crippen molar-refractivity contribution in [3.63, 3.8) is 0 Å². The third-order valence-electron chi connectivity index (χ3n) is 7.13. The van der Waals surface area contributed by atoms with E-state index in [2.05, 4.69) is 5.32 Å². The number of nitrogens with zero attached hydrogens (tertiary/aromatic N) is 1. The van der Waals surface area contributed by atoms with Gasteiger partial charge in [-0.2, -0.15) is 0 Å². The van der Waals surface area contributed by atoms with Crippen LogP contribution in [0.25, 0.3) is 0 Å². The smallest absolute Gasteiger partial charge is 0.311 e. The lowest BCUT2D eigenvalue weighted by Crippen LogP contribution is -2.55. The van der Waals surface area contributed by atoms with Gasteiger partial charge < -0.3 is 20.1 Å². The van der Waals surface area contributed by atoms with Gasteiger partial charge in [0.25, 0.3) is 0 Å². The van der Waals surface area contributed by atoms with Gasteiger partial charge in [0.2, 0.25) is 11.8 Å². The maximum Gasteiger partial charge on any atom is 0.311 e. The zero-order valence-corrected chi connectivity index (χ0v) is 19.9. The standard InChI is InChI=1S/C24H32N2O5S/c1-5-31-22(30)18-17-21(29)26(16(13-27)15-9-7-6-8-10-15)19(20(28)25-14(2)3)24(17)12-11-23(18,4)32-24/h6-10,14,16-19,27H,5,11-13H2,1-4H3,(H,25,28)/t16-,17+,18+,19?,23-,24?/m1/s1. The van der Waals surface area contributed by atoms with E-state index in [1.165, 1.54) is 0 Å². The lowest BCUT2D eigenvalue weighted by atomic mass is 9.66. The highest BCUT2D eigenvalue weighted by Gasteiger charge is 2.78. The average molecular weight is 461 g/mol. The maximum absolute atomic E-state index is 14.0. The molecule has 7 nitrogen and oxygen atoms in total. The molecule has 3 aliphatic heterocycles. The highest BCUT2D eigenvalue weighted by Crippen LogP contribution is 2.72. The van der Waals surface area contributed by atoms with Gasteiger partial charge in [-0.25, -0.2) is 0 Å². The van der Waals surface area contributed by atoms with E-state index in [0.717, 1.165) is 12.0 Å². The first-order valence-electron chi connectivity index (χ1n) is 11.4. The predicted octanol–water partition coefficient (Wildman–Crippen LogP) is 2.29. The quantitative estimate of drug-likeness (QED) is 0.606. The second-order valence-electron chi connectivity index (χ2n) is 9.50. The Morgan fingerprint density at radius 3 is 2.56 bits per heavy atom. The molecule has 2 N–H and O–H groups in total. The molecule has 4 rings (SSSR count). The van der Waals surface area contributed by atoms with Crippen LogP contribution in [-0.2, 0) is 19.1 Å². The summed E-state index contributed by atoms with van der Waals surface area (Å²) in [7, 11) is 0. The van der Waals surface area contributed by atoms with Gasteiger partial charge in [-0.3, -0.25) is 14.4 Å². The van der Waals surface area contributed by atoms with Crippen molar-refractivity contribution in [2.75, 3.05) is 13.2 Å². The van der Waals surface area contributed by atoms with Gasteiger partial charge in [-0.1, -0.05) is 30.3 Å². The molecule has 0 aromatic heterocycles. The number of benzene rings is 1. The number of aliphatic hydroxyl groups excluding tert-OH is 1. The van der Waals surface area contributed by atoms with Crippen molar-refractivity contribution in [3.8, 4) is 0 Å². The molecule has 6 atom stereocenters. The Morgan fingerprint density at radius 2 is 1.97 bits per heavy atom. The first-order chi connectivity index (χ1) is 15.2. The van der Waals surface area contributed by atoms with Gasteiger partial charge in [-0.05, 0) is 46.1 Å². The molecule has 1 aromatic rings. The molecule has 2 bridgehead atoms. The van der Waals surface area contributed by atoms with Crippen molar-refractivity contribution in [1.82, 2.24) is 10.2 Å². The van der Waals surface area contributed by atoms with Crippen molar-refractivity contribution in [3.05, 3.63) is 35.9 Å². The van der Waals surface area contributed by atoms with Crippen LogP contribution in [-0.4, -0.2) is 62.6 Å². The number of hydrogen-bond acceptors (Lipinski definition) is 6. The van der Waals surface area contributed by atoms with Crippen molar-refractivity contribution < 1.29 is 24.2 Å². The zero-order valence-electron chi connectivity index (χ0n) is 19.0. The van der Waals surface area contributed by atoms with Crippen molar-refractivity contribution in [2.45, 2.75) is 68.2 Å². The molecule has 1 spiro atoms. The average Bonchev–Trinajstić information content (AvgIpc) is 3.30. The molecule has 32 heavy (non-hydrogen) atoms. The predicted molar refractivity (Wildman–Crippen MR) is 122 cm³/mol. The molecule has 3 heterocycles. The molecular formula is C24H32N2O5S. The zero-order chi connectivity index (χ0) is 23.3. The molecule has 3 saturated heterocycles. The van der Waals surface area contributed by atoms with E-state index in [1.807, 2.05) is 51.1 Å². The van der Waals surface area contributed by atoms with Gasteiger partial charge >= 0.3 is 5.97 Å². The molecule has 1 aromatic carbocycles. The number of amides is 2. The number of esters is 1. The molecule has 174 valence electrons. The first kappa shape index (κ1) is 23.1. The highest BCUT2D eigenvalue weighted by molar-refractivity contribution is 8.02. The Bertz CT molecular complexity index is 909. The minimum absolute atomic E-state index is 0.0979. The van der Waals surface area contributed by atoms with Crippen molar-refractivity contribution in [1.29, 1.82) is 0 Å². The fourth-order valence-corrected chi connectivity index (χ4v) is 8.31. The van der Waals surface area contributed by atoms with E-state index < -0.39 is 33.4 Å². The van der Waals surface area contributed by atoms with E-state index in [-0.39, 0.29) is 37.0 Å². The van der Waals surface area contributed by atoms with Crippen LogP contribution in [0.1, 0.15) is 52.1 Å². The number of carbonyl (C=O) groups excluding carboxylic acids is 3. The minimum Gasteiger partial charge on any atom is -0.466 e. The van der Waals surface area contributed by atoms with Crippen molar-refractivity contribution in [2.24, 2.45) is 11.8 Å². The monoisotopic (exact) mass is 460 g/mol. The number of hydrogen-bond donors (Lipinski definition) is 2. The minimum atomic E-state index is -0.772. The van der Waals surface area contributed by atoms with Crippen LogP contribution in [0.2, 0.25) is 0 Å². The highest BCUT2D eigenvalue weighted by atomic mass is 32.2. The first-order valence-corrected chi connectivity index (χ1v) is 12.2. The normalized spacial score (nSPS) is 34.0. The Kier molecular flexibility index (Phi) is 6.05. The van der Waals surface area contributed by atoms with E-state index in [0.29, 0.717) is 6.42 Å². The van der Waals surface area contributed by atoms with Crippen LogP contribution in [0, 0.1) is 11.8 Å². The molecule has 3 aliphatic rings. The van der Waals surface area contributed by atoms with Crippen molar-refractivity contribution >= 4 is 29.5 Å².